The van der Waals surface area contributed by atoms with Crippen LogP contribution in [0.15, 0.2) is 30.5 Å². The Morgan fingerprint density at radius 1 is 1.30 bits per heavy atom. The van der Waals surface area contributed by atoms with E-state index in [4.69, 9.17) is 9.84 Å². The van der Waals surface area contributed by atoms with Gasteiger partial charge < -0.3 is 15.2 Å². The highest BCUT2D eigenvalue weighted by molar-refractivity contribution is 5.63. The monoisotopic (exact) mass is 279 g/mol. The average Bonchev–Trinajstić information content (AvgIpc) is 2.91. The van der Waals surface area contributed by atoms with Gasteiger partial charge in [0.2, 0.25) is 0 Å². The zero-order valence-corrected chi connectivity index (χ0v) is 11.1. The number of rotatable bonds is 8. The van der Waals surface area contributed by atoms with Gasteiger partial charge in [0.1, 0.15) is 5.82 Å². The van der Waals surface area contributed by atoms with Crippen molar-refractivity contribution in [3.05, 3.63) is 41.8 Å². The summed E-state index contributed by atoms with van der Waals surface area (Å²) in [5, 5.41) is 18.6. The van der Waals surface area contributed by atoms with Gasteiger partial charge in [-0.1, -0.05) is 12.1 Å². The largest absolute Gasteiger partial charge is 0.394 e. The molecule has 0 aliphatic carbocycles. The van der Waals surface area contributed by atoms with E-state index >= 15 is 0 Å². The van der Waals surface area contributed by atoms with E-state index in [1.54, 1.807) is 24.4 Å². The third-order valence-corrected chi connectivity index (χ3v) is 2.84. The number of aromatic nitrogens is 2. The highest BCUT2D eigenvalue weighted by Gasteiger charge is 2.10. The number of ether oxygens (including phenoxy) is 1. The fourth-order valence-corrected chi connectivity index (χ4v) is 1.88. The molecule has 0 unspecified atom stereocenters. The number of hydrogen-bond acceptors (Lipinski definition) is 4. The Morgan fingerprint density at radius 2 is 2.15 bits per heavy atom. The molecule has 20 heavy (non-hydrogen) atoms. The third kappa shape index (κ3) is 3.86. The Hall–Kier alpha value is -1.76. The van der Waals surface area contributed by atoms with Crippen LogP contribution in [-0.4, -0.2) is 41.7 Å². The standard InChI is InChI=1S/C14H18FN3O2/c15-13-4-2-1-3-12(13)14-11(10-17-18-14)9-16-5-7-20-8-6-19/h1-4,10,16,19H,5-9H2,(H,17,18). The lowest BCUT2D eigenvalue weighted by atomic mass is 10.1. The maximum absolute atomic E-state index is 13.7. The van der Waals surface area contributed by atoms with Crippen molar-refractivity contribution >= 4 is 0 Å². The average molecular weight is 279 g/mol. The molecule has 0 fully saturated rings. The van der Waals surface area contributed by atoms with Gasteiger partial charge in [0.05, 0.1) is 31.7 Å². The number of halogens is 1. The first-order chi connectivity index (χ1) is 9.83. The molecule has 108 valence electrons. The quantitative estimate of drug-likeness (QED) is 0.637. The van der Waals surface area contributed by atoms with Crippen LogP contribution >= 0.6 is 0 Å². The molecule has 0 aliphatic rings. The van der Waals surface area contributed by atoms with Crippen molar-refractivity contribution in [2.45, 2.75) is 6.54 Å². The highest BCUT2D eigenvalue weighted by atomic mass is 19.1. The number of hydrogen-bond donors (Lipinski definition) is 3. The minimum Gasteiger partial charge on any atom is -0.394 e. The number of aromatic amines is 1. The summed E-state index contributed by atoms with van der Waals surface area (Å²) < 4.78 is 18.9. The van der Waals surface area contributed by atoms with Gasteiger partial charge in [-0.05, 0) is 12.1 Å². The van der Waals surface area contributed by atoms with Crippen LogP contribution in [0.5, 0.6) is 0 Å². The first kappa shape index (κ1) is 14.6. The van der Waals surface area contributed by atoms with Crippen LogP contribution in [0.25, 0.3) is 11.3 Å². The SMILES string of the molecule is OCCOCCNCc1cn[nH]c1-c1ccccc1F. The lowest BCUT2D eigenvalue weighted by Crippen LogP contribution is -2.20. The van der Waals surface area contributed by atoms with E-state index in [1.807, 2.05) is 0 Å². The maximum Gasteiger partial charge on any atom is 0.132 e. The number of nitrogens with one attached hydrogen (secondary N) is 2. The molecule has 0 aliphatic heterocycles. The minimum absolute atomic E-state index is 0.0269. The number of benzene rings is 1. The van der Waals surface area contributed by atoms with E-state index in [0.717, 1.165) is 5.56 Å². The molecule has 2 aromatic rings. The third-order valence-electron chi connectivity index (χ3n) is 2.84. The normalized spacial score (nSPS) is 10.9. The fourth-order valence-electron chi connectivity index (χ4n) is 1.88. The van der Waals surface area contributed by atoms with Crippen molar-refractivity contribution in [1.29, 1.82) is 0 Å². The van der Waals surface area contributed by atoms with Gasteiger partial charge in [-0.2, -0.15) is 5.10 Å². The molecule has 5 nitrogen and oxygen atoms in total. The van der Waals surface area contributed by atoms with Crippen LogP contribution in [0.4, 0.5) is 4.39 Å². The van der Waals surface area contributed by atoms with Crippen molar-refractivity contribution in [3.8, 4) is 11.3 Å². The Bertz CT molecular complexity index is 531. The Balaban J connectivity index is 1.91. The summed E-state index contributed by atoms with van der Waals surface area (Å²) in [7, 11) is 0. The molecule has 0 saturated carbocycles. The second-order valence-electron chi connectivity index (χ2n) is 4.26. The van der Waals surface area contributed by atoms with E-state index in [0.29, 0.717) is 37.6 Å². The van der Waals surface area contributed by atoms with Gasteiger partial charge in [-0.15, -0.1) is 0 Å². The van der Waals surface area contributed by atoms with Gasteiger partial charge in [0, 0.05) is 24.2 Å². The number of aliphatic hydroxyl groups excluding tert-OH is 1. The number of aliphatic hydroxyl groups is 1. The predicted molar refractivity (Wildman–Crippen MR) is 73.6 cm³/mol. The van der Waals surface area contributed by atoms with Crippen LogP contribution in [0.1, 0.15) is 5.56 Å². The Kier molecular flexibility index (Phi) is 5.67. The molecule has 0 saturated heterocycles. The van der Waals surface area contributed by atoms with Gasteiger partial charge in [-0.3, -0.25) is 5.10 Å². The predicted octanol–water partition coefficient (Wildman–Crippen LogP) is 1.31. The molecule has 1 aromatic heterocycles. The smallest absolute Gasteiger partial charge is 0.132 e. The van der Waals surface area contributed by atoms with Crippen molar-refractivity contribution in [1.82, 2.24) is 15.5 Å². The summed E-state index contributed by atoms with van der Waals surface area (Å²) in [5.41, 5.74) is 2.10. The summed E-state index contributed by atoms with van der Waals surface area (Å²) in [6.07, 6.45) is 1.68. The molecule has 1 heterocycles. The molecular formula is C14H18FN3O2. The lowest BCUT2D eigenvalue weighted by molar-refractivity contribution is 0.0938. The highest BCUT2D eigenvalue weighted by Crippen LogP contribution is 2.23. The molecule has 2 rings (SSSR count). The Morgan fingerprint density at radius 3 is 2.95 bits per heavy atom. The number of nitrogens with zero attached hydrogens (tertiary/aromatic N) is 1. The lowest BCUT2D eigenvalue weighted by Gasteiger charge is -2.07. The molecule has 0 bridgehead atoms. The van der Waals surface area contributed by atoms with Crippen LogP contribution < -0.4 is 5.32 Å². The molecule has 1 aromatic carbocycles. The minimum atomic E-state index is -0.274. The molecule has 0 atom stereocenters. The molecule has 0 amide bonds. The van der Waals surface area contributed by atoms with Gasteiger partial charge in [0.25, 0.3) is 0 Å². The van der Waals surface area contributed by atoms with E-state index < -0.39 is 0 Å². The van der Waals surface area contributed by atoms with E-state index in [2.05, 4.69) is 15.5 Å². The summed E-state index contributed by atoms with van der Waals surface area (Å²) in [6, 6.07) is 6.59. The van der Waals surface area contributed by atoms with E-state index in [9.17, 15) is 4.39 Å². The topological polar surface area (TPSA) is 70.2 Å². The zero-order chi connectivity index (χ0) is 14.2. The zero-order valence-electron chi connectivity index (χ0n) is 11.1. The summed E-state index contributed by atoms with van der Waals surface area (Å²) in [5.74, 6) is -0.274. The van der Waals surface area contributed by atoms with Crippen LogP contribution in [0.2, 0.25) is 0 Å². The van der Waals surface area contributed by atoms with Crippen LogP contribution in [0, 0.1) is 5.82 Å². The maximum atomic E-state index is 13.7. The molecule has 0 spiro atoms. The van der Waals surface area contributed by atoms with Gasteiger partial charge >= 0.3 is 0 Å². The Labute approximate surface area is 116 Å². The number of H-pyrrole nitrogens is 1. The van der Waals surface area contributed by atoms with E-state index in [-0.39, 0.29) is 12.4 Å². The summed E-state index contributed by atoms with van der Waals surface area (Å²) in [4.78, 5) is 0. The van der Waals surface area contributed by atoms with Gasteiger partial charge in [0.15, 0.2) is 0 Å². The van der Waals surface area contributed by atoms with Crippen molar-refractivity contribution in [2.75, 3.05) is 26.4 Å². The molecule has 6 heteroatoms. The molecule has 0 radical (unpaired) electrons. The summed E-state index contributed by atoms with van der Waals surface area (Å²) in [6.45, 7) is 2.12. The second kappa shape index (κ2) is 7.74. The van der Waals surface area contributed by atoms with Crippen LogP contribution in [0.3, 0.4) is 0 Å². The molecule has 3 N–H and O–H groups in total. The van der Waals surface area contributed by atoms with E-state index in [1.165, 1.54) is 6.07 Å². The van der Waals surface area contributed by atoms with Gasteiger partial charge in [-0.25, -0.2) is 4.39 Å². The van der Waals surface area contributed by atoms with Crippen molar-refractivity contribution < 1.29 is 14.2 Å². The van der Waals surface area contributed by atoms with Crippen LogP contribution in [-0.2, 0) is 11.3 Å². The van der Waals surface area contributed by atoms with Crippen molar-refractivity contribution in [3.63, 3.8) is 0 Å². The fraction of sp³-hybridized carbons (Fsp3) is 0.357. The first-order valence-electron chi connectivity index (χ1n) is 6.49. The van der Waals surface area contributed by atoms with Crippen molar-refractivity contribution in [2.24, 2.45) is 0 Å². The molecular weight excluding hydrogens is 261 g/mol. The summed E-state index contributed by atoms with van der Waals surface area (Å²) >= 11 is 0. The second-order valence-corrected chi connectivity index (χ2v) is 4.26. The first-order valence-corrected chi connectivity index (χ1v) is 6.49.